The van der Waals surface area contributed by atoms with Crippen LogP contribution < -0.4 is 0 Å². The van der Waals surface area contributed by atoms with E-state index in [0.29, 0.717) is 36.5 Å². The van der Waals surface area contributed by atoms with Crippen molar-refractivity contribution in [3.8, 4) is 0 Å². The van der Waals surface area contributed by atoms with Crippen LogP contribution in [0.5, 0.6) is 0 Å². The minimum atomic E-state index is -1.10. The van der Waals surface area contributed by atoms with E-state index in [9.17, 15) is 13.2 Å². The molecule has 1 atom stereocenters. The summed E-state index contributed by atoms with van der Waals surface area (Å²) >= 11 is 0. The van der Waals surface area contributed by atoms with Crippen LogP contribution in [0.1, 0.15) is 47.0 Å². The number of hydrogen-bond acceptors (Lipinski definition) is 1. The Morgan fingerprint density at radius 1 is 0.853 bits per heavy atom. The highest BCUT2D eigenvalue weighted by atomic mass is 19.2. The molecule has 0 aromatic rings. The molecule has 186 valence electrons. The molecule has 0 amide bonds. The van der Waals surface area contributed by atoms with Crippen molar-refractivity contribution in [2.75, 3.05) is 6.61 Å². The number of allylic oxidation sites excluding steroid dienone is 12. The molecule has 0 fully saturated rings. The number of rotatable bonds is 16. The second kappa shape index (κ2) is 15.9. The molecule has 0 bridgehead atoms. The largest absolute Gasteiger partial charge is 0.373 e. The third-order valence-corrected chi connectivity index (χ3v) is 4.92. The molecule has 1 unspecified atom stereocenters. The van der Waals surface area contributed by atoms with Crippen molar-refractivity contribution in [3.05, 3.63) is 121 Å². The summed E-state index contributed by atoms with van der Waals surface area (Å²) in [4.78, 5) is 0. The molecular formula is C30H39F3O. The van der Waals surface area contributed by atoms with Gasteiger partial charge in [-0.3, -0.25) is 0 Å². The lowest BCUT2D eigenvalue weighted by Crippen LogP contribution is -2.15. The van der Waals surface area contributed by atoms with Crippen LogP contribution in [-0.2, 0) is 4.74 Å². The molecule has 0 heterocycles. The SMILES string of the molecule is C=C(/C=C\C(=C)C(=C)/C(F)=C(/F)C(=C)CCC/C=C\C)C(=C)/C=C(/F)C(=C)C(C)OCC(C)C. The van der Waals surface area contributed by atoms with E-state index in [4.69, 9.17) is 4.74 Å². The molecule has 0 rings (SSSR count). The third kappa shape index (κ3) is 11.3. The van der Waals surface area contributed by atoms with Crippen molar-refractivity contribution >= 4 is 0 Å². The molecule has 34 heavy (non-hydrogen) atoms. The van der Waals surface area contributed by atoms with Crippen molar-refractivity contribution in [2.24, 2.45) is 5.92 Å². The van der Waals surface area contributed by atoms with E-state index in [1.807, 2.05) is 32.9 Å². The van der Waals surface area contributed by atoms with Crippen LogP contribution in [0.2, 0.25) is 0 Å². The quantitative estimate of drug-likeness (QED) is 0.123. The number of unbranched alkanes of at least 4 members (excludes halogenated alkanes) is 1. The first kappa shape index (κ1) is 31.1. The van der Waals surface area contributed by atoms with Gasteiger partial charge in [-0.15, -0.1) is 0 Å². The summed E-state index contributed by atoms with van der Waals surface area (Å²) in [5.41, 5.74) is 0.878. The molecule has 4 heteroatoms. The van der Waals surface area contributed by atoms with E-state index >= 15 is 0 Å². The number of halogens is 3. The van der Waals surface area contributed by atoms with Crippen molar-refractivity contribution in [3.63, 3.8) is 0 Å². The lowest BCUT2D eigenvalue weighted by molar-refractivity contribution is 0.0693. The van der Waals surface area contributed by atoms with Crippen LogP contribution in [0.25, 0.3) is 0 Å². The topological polar surface area (TPSA) is 9.23 Å². The minimum absolute atomic E-state index is 0.0742. The Bertz CT molecular complexity index is 923. The lowest BCUT2D eigenvalue weighted by atomic mass is 10.0. The molecule has 0 spiro atoms. The van der Waals surface area contributed by atoms with Crippen molar-refractivity contribution in [1.29, 1.82) is 0 Å². The lowest BCUT2D eigenvalue weighted by Gasteiger charge is -2.16. The normalized spacial score (nSPS) is 13.8. The van der Waals surface area contributed by atoms with Gasteiger partial charge in [-0.25, -0.2) is 13.2 Å². The van der Waals surface area contributed by atoms with Crippen molar-refractivity contribution in [1.82, 2.24) is 0 Å². The summed E-state index contributed by atoms with van der Waals surface area (Å²) in [6.45, 7) is 30.4. The highest BCUT2D eigenvalue weighted by Gasteiger charge is 2.15. The fourth-order valence-electron chi connectivity index (χ4n) is 2.52. The average Bonchev–Trinajstić information content (AvgIpc) is 2.80. The molecular weight excluding hydrogens is 433 g/mol. The van der Waals surface area contributed by atoms with Gasteiger partial charge in [0.25, 0.3) is 0 Å². The fraction of sp³-hybridized carbons (Fsp3) is 0.333. The molecule has 0 aliphatic rings. The van der Waals surface area contributed by atoms with Gasteiger partial charge in [0.05, 0.1) is 6.10 Å². The first-order valence-electron chi connectivity index (χ1n) is 11.3. The summed E-state index contributed by atoms with van der Waals surface area (Å²) in [6.07, 6.45) is 9.25. The standard InChI is InChI=1S/C30H39F3O/c1-11-12-13-14-15-23(6)29(32)30(33)25(8)22(5)17-16-21(4)24(7)18-28(31)26(9)27(10)34-19-20(2)3/h11-12,16-18,20,27H,4-9,13-15,19H2,1-3,10H3/b12-11-,17-16-,28-18+,30-29-. The zero-order chi connectivity index (χ0) is 26.4. The maximum atomic E-state index is 14.5. The maximum absolute atomic E-state index is 14.5. The Morgan fingerprint density at radius 3 is 2.00 bits per heavy atom. The molecule has 0 radical (unpaired) electrons. The van der Waals surface area contributed by atoms with Crippen molar-refractivity contribution in [2.45, 2.75) is 53.1 Å². The Hall–Kier alpha value is -2.85. The first-order valence-corrected chi connectivity index (χ1v) is 11.3. The molecule has 0 aliphatic heterocycles. The predicted molar refractivity (Wildman–Crippen MR) is 141 cm³/mol. The van der Waals surface area contributed by atoms with Crippen LogP contribution in [0.15, 0.2) is 121 Å². The zero-order valence-corrected chi connectivity index (χ0v) is 21.2. The summed E-state index contributed by atoms with van der Waals surface area (Å²) in [5, 5.41) is 0. The van der Waals surface area contributed by atoms with Gasteiger partial charge < -0.3 is 4.74 Å². The Kier molecular flexibility index (Phi) is 14.6. The van der Waals surface area contributed by atoms with E-state index in [-0.39, 0.29) is 22.3 Å². The Morgan fingerprint density at radius 2 is 1.44 bits per heavy atom. The summed E-state index contributed by atoms with van der Waals surface area (Å²) in [5.74, 6) is -2.38. The van der Waals surface area contributed by atoms with Gasteiger partial charge in [0.1, 0.15) is 5.83 Å². The summed E-state index contributed by atoms with van der Waals surface area (Å²) < 4.78 is 49.0. The van der Waals surface area contributed by atoms with Crippen LogP contribution in [0, 0.1) is 5.92 Å². The average molecular weight is 473 g/mol. The Balaban J connectivity index is 5.11. The summed E-state index contributed by atoms with van der Waals surface area (Å²) in [6, 6.07) is 0. The number of hydrogen-bond donors (Lipinski definition) is 0. The Labute approximate surface area is 204 Å². The van der Waals surface area contributed by atoms with E-state index in [0.717, 1.165) is 6.42 Å². The second-order valence-corrected chi connectivity index (χ2v) is 8.47. The van der Waals surface area contributed by atoms with Gasteiger partial charge >= 0.3 is 0 Å². The molecule has 0 saturated carbocycles. The molecule has 0 aromatic heterocycles. The van der Waals surface area contributed by atoms with Gasteiger partial charge in [-0.05, 0) is 67.4 Å². The van der Waals surface area contributed by atoms with Crippen LogP contribution in [0.3, 0.4) is 0 Å². The molecule has 0 N–H and O–H groups in total. The highest BCUT2D eigenvalue weighted by Crippen LogP contribution is 2.29. The maximum Gasteiger partial charge on any atom is 0.166 e. The van der Waals surface area contributed by atoms with E-state index in [2.05, 4.69) is 39.5 Å². The van der Waals surface area contributed by atoms with E-state index in [1.165, 1.54) is 18.2 Å². The third-order valence-electron chi connectivity index (χ3n) is 4.92. The van der Waals surface area contributed by atoms with Gasteiger partial charge in [-0.1, -0.05) is 77.6 Å². The van der Waals surface area contributed by atoms with Gasteiger partial charge in [0.2, 0.25) is 0 Å². The van der Waals surface area contributed by atoms with Crippen molar-refractivity contribution < 1.29 is 17.9 Å². The smallest absolute Gasteiger partial charge is 0.166 e. The van der Waals surface area contributed by atoms with Gasteiger partial charge in [0, 0.05) is 17.8 Å². The predicted octanol–water partition coefficient (Wildman–Crippen LogP) is 9.69. The molecule has 0 saturated heterocycles. The fourth-order valence-corrected chi connectivity index (χ4v) is 2.52. The zero-order valence-electron chi connectivity index (χ0n) is 21.2. The van der Waals surface area contributed by atoms with E-state index < -0.39 is 23.6 Å². The van der Waals surface area contributed by atoms with E-state index in [1.54, 1.807) is 6.92 Å². The second-order valence-electron chi connectivity index (χ2n) is 8.47. The van der Waals surface area contributed by atoms with Crippen LogP contribution in [0.4, 0.5) is 13.2 Å². The minimum Gasteiger partial charge on any atom is -0.373 e. The molecule has 0 aromatic carbocycles. The monoisotopic (exact) mass is 472 g/mol. The van der Waals surface area contributed by atoms with Gasteiger partial charge in [-0.2, -0.15) is 0 Å². The van der Waals surface area contributed by atoms with Crippen LogP contribution >= 0.6 is 0 Å². The van der Waals surface area contributed by atoms with Crippen LogP contribution in [-0.4, -0.2) is 12.7 Å². The molecule has 1 nitrogen and oxygen atoms in total. The highest BCUT2D eigenvalue weighted by molar-refractivity contribution is 5.53. The number of ether oxygens (including phenoxy) is 1. The summed E-state index contributed by atoms with van der Waals surface area (Å²) in [7, 11) is 0. The van der Waals surface area contributed by atoms with Gasteiger partial charge in [0.15, 0.2) is 11.7 Å². The first-order chi connectivity index (χ1) is 15.8. The molecule has 0 aliphatic carbocycles.